The van der Waals surface area contributed by atoms with Gasteiger partial charge in [-0.3, -0.25) is 10.1 Å². The van der Waals surface area contributed by atoms with Crippen molar-refractivity contribution in [3.05, 3.63) is 100 Å². The minimum absolute atomic E-state index is 0.0117. The molecule has 4 aromatic rings. The lowest BCUT2D eigenvalue weighted by atomic mass is 10.2. The molecule has 1 aromatic heterocycles. The van der Waals surface area contributed by atoms with Crippen molar-refractivity contribution in [2.24, 2.45) is 0 Å². The molecule has 0 atom stereocenters. The van der Waals surface area contributed by atoms with Crippen molar-refractivity contribution in [2.45, 2.75) is 36.7 Å². The lowest BCUT2D eigenvalue weighted by Crippen LogP contribution is -2.12. The number of aromatic nitrogens is 2. The number of aryl methyl sites for hydroxylation is 1. The lowest BCUT2D eigenvalue weighted by Gasteiger charge is -2.12. The molecule has 4 rings (SSSR count). The fourth-order valence-corrected chi connectivity index (χ4v) is 4.35. The highest BCUT2D eigenvalue weighted by Crippen LogP contribution is 2.42. The third kappa shape index (κ3) is 5.52. The van der Waals surface area contributed by atoms with Gasteiger partial charge >= 0.3 is 5.97 Å². The number of rotatable bonds is 8. The summed E-state index contributed by atoms with van der Waals surface area (Å²) in [6, 6.07) is 22.3. The Hall–Kier alpha value is -4.11. The zero-order valence-corrected chi connectivity index (χ0v) is 20.2. The van der Waals surface area contributed by atoms with Crippen LogP contribution >= 0.6 is 11.8 Å². The number of para-hydroxylation sites is 2. The molecule has 1 heterocycles. The number of nitro benzene ring substituents is 1. The maximum Gasteiger partial charge on any atom is 0.344 e. The van der Waals surface area contributed by atoms with Crippen molar-refractivity contribution in [2.75, 3.05) is 0 Å². The molecule has 178 valence electrons. The first-order valence-corrected chi connectivity index (χ1v) is 11.7. The van der Waals surface area contributed by atoms with Crippen LogP contribution in [-0.2, 0) is 0 Å². The summed E-state index contributed by atoms with van der Waals surface area (Å²) in [5.74, 6) is 0.251. The maximum atomic E-state index is 13.1. The van der Waals surface area contributed by atoms with Crippen LogP contribution in [0.1, 0.15) is 29.9 Å². The second-order valence-electron chi connectivity index (χ2n) is 7.87. The Balaban J connectivity index is 1.73. The molecule has 0 saturated heterocycles. The van der Waals surface area contributed by atoms with Gasteiger partial charge in [0.25, 0.3) is 5.69 Å². The largest absolute Gasteiger partial charge is 0.491 e. The van der Waals surface area contributed by atoms with Crippen LogP contribution in [0.2, 0.25) is 0 Å². The number of esters is 1. The van der Waals surface area contributed by atoms with Gasteiger partial charge in [0.05, 0.1) is 37.8 Å². The fraction of sp³-hybridized carbons (Fsp3) is 0.154. The highest BCUT2D eigenvalue weighted by atomic mass is 32.2. The van der Waals surface area contributed by atoms with Crippen molar-refractivity contribution < 1.29 is 19.2 Å². The number of benzene rings is 3. The zero-order valence-electron chi connectivity index (χ0n) is 19.4. The van der Waals surface area contributed by atoms with Gasteiger partial charge in [-0.2, -0.15) is 9.78 Å². The van der Waals surface area contributed by atoms with Gasteiger partial charge < -0.3 is 9.47 Å². The molecule has 0 amide bonds. The van der Waals surface area contributed by atoms with E-state index in [-0.39, 0.29) is 17.7 Å². The lowest BCUT2D eigenvalue weighted by molar-refractivity contribution is -0.387. The van der Waals surface area contributed by atoms with Gasteiger partial charge in [-0.1, -0.05) is 42.1 Å². The normalized spacial score (nSPS) is 10.9. The number of carbonyl (C=O) groups is 1. The molecule has 0 saturated carbocycles. The van der Waals surface area contributed by atoms with E-state index in [4.69, 9.17) is 9.47 Å². The number of ether oxygens (including phenoxy) is 2. The van der Waals surface area contributed by atoms with E-state index in [1.807, 2.05) is 44.2 Å². The van der Waals surface area contributed by atoms with Gasteiger partial charge in [0.1, 0.15) is 5.75 Å². The first-order chi connectivity index (χ1) is 16.8. The van der Waals surface area contributed by atoms with Gasteiger partial charge in [0.2, 0.25) is 5.88 Å². The van der Waals surface area contributed by atoms with Crippen LogP contribution in [0.25, 0.3) is 5.69 Å². The van der Waals surface area contributed by atoms with Crippen molar-refractivity contribution in [3.8, 4) is 17.3 Å². The second kappa shape index (κ2) is 10.4. The average Bonchev–Trinajstić information content (AvgIpc) is 3.14. The van der Waals surface area contributed by atoms with Crippen LogP contribution in [-0.4, -0.2) is 26.8 Å². The Kier molecular flexibility index (Phi) is 7.17. The Labute approximate surface area is 206 Å². The number of hydrogen-bond donors (Lipinski definition) is 0. The van der Waals surface area contributed by atoms with Gasteiger partial charge in [-0.25, -0.2) is 4.79 Å². The molecule has 9 heteroatoms. The molecule has 0 N–H and O–H groups in total. The summed E-state index contributed by atoms with van der Waals surface area (Å²) >= 11 is 1.14. The van der Waals surface area contributed by atoms with E-state index in [1.54, 1.807) is 49.4 Å². The highest BCUT2D eigenvalue weighted by molar-refractivity contribution is 7.99. The van der Waals surface area contributed by atoms with Crippen molar-refractivity contribution in [1.82, 2.24) is 9.78 Å². The molecule has 8 nitrogen and oxygen atoms in total. The third-order valence-corrected chi connectivity index (χ3v) is 6.13. The molecule has 0 radical (unpaired) electrons. The molecule has 35 heavy (non-hydrogen) atoms. The topological polar surface area (TPSA) is 96.5 Å². The molecule has 0 bridgehead atoms. The van der Waals surface area contributed by atoms with Crippen molar-refractivity contribution in [3.63, 3.8) is 0 Å². The predicted molar refractivity (Wildman–Crippen MR) is 133 cm³/mol. The summed E-state index contributed by atoms with van der Waals surface area (Å²) in [4.78, 5) is 25.1. The number of nitro groups is 1. The summed E-state index contributed by atoms with van der Waals surface area (Å²) in [7, 11) is 0. The molecule has 0 aliphatic heterocycles. The van der Waals surface area contributed by atoms with E-state index in [0.717, 1.165) is 11.8 Å². The summed E-state index contributed by atoms with van der Waals surface area (Å²) in [6.45, 7) is 5.61. The van der Waals surface area contributed by atoms with Crippen LogP contribution in [0, 0.1) is 17.0 Å². The van der Waals surface area contributed by atoms with E-state index in [1.165, 1.54) is 10.7 Å². The van der Waals surface area contributed by atoms with E-state index in [2.05, 4.69) is 5.10 Å². The Morgan fingerprint density at radius 1 is 1.00 bits per heavy atom. The molecular formula is C26H23N3O5S. The minimum atomic E-state index is -0.581. The zero-order chi connectivity index (χ0) is 24.9. The van der Waals surface area contributed by atoms with Crippen molar-refractivity contribution in [1.29, 1.82) is 0 Å². The molecule has 0 unspecified atom stereocenters. The van der Waals surface area contributed by atoms with Crippen LogP contribution in [0.3, 0.4) is 0 Å². The third-order valence-electron chi connectivity index (χ3n) is 4.89. The van der Waals surface area contributed by atoms with Gasteiger partial charge in [0.15, 0.2) is 0 Å². The molecule has 0 spiro atoms. The minimum Gasteiger partial charge on any atom is -0.491 e. The molecule has 3 aromatic carbocycles. The Morgan fingerprint density at radius 2 is 1.66 bits per heavy atom. The monoisotopic (exact) mass is 489 g/mol. The van der Waals surface area contributed by atoms with Crippen LogP contribution in [0.4, 0.5) is 5.69 Å². The van der Waals surface area contributed by atoms with E-state index >= 15 is 0 Å². The summed E-state index contributed by atoms with van der Waals surface area (Å²) in [5, 5.41) is 16.1. The number of nitrogens with zero attached hydrogens (tertiary/aromatic N) is 3. The molecule has 0 fully saturated rings. The second-order valence-corrected chi connectivity index (χ2v) is 8.93. The molecule has 0 aliphatic carbocycles. The average molecular weight is 490 g/mol. The van der Waals surface area contributed by atoms with E-state index in [0.29, 0.717) is 32.5 Å². The van der Waals surface area contributed by atoms with Crippen LogP contribution < -0.4 is 9.47 Å². The van der Waals surface area contributed by atoms with Gasteiger partial charge in [-0.15, -0.1) is 0 Å². The first-order valence-electron chi connectivity index (χ1n) is 10.9. The van der Waals surface area contributed by atoms with Crippen LogP contribution in [0.5, 0.6) is 11.6 Å². The first kappa shape index (κ1) is 24.0. The van der Waals surface area contributed by atoms with Crippen LogP contribution in [0.15, 0.2) is 88.7 Å². The predicted octanol–water partition coefficient (Wildman–Crippen LogP) is 6.25. The Bertz CT molecular complexity index is 1350. The van der Waals surface area contributed by atoms with Gasteiger partial charge in [0, 0.05) is 6.07 Å². The molecule has 0 aliphatic rings. The maximum absolute atomic E-state index is 13.1. The van der Waals surface area contributed by atoms with E-state index in [9.17, 15) is 14.9 Å². The fourth-order valence-electron chi connectivity index (χ4n) is 3.34. The summed E-state index contributed by atoms with van der Waals surface area (Å²) in [5.41, 5.74) is 1.55. The SMILES string of the molecule is Cc1nn(-c2ccccc2)c(OC(=O)c2ccc(OC(C)C)cc2)c1Sc1ccccc1[N+](=O)[O-]. The number of carbonyl (C=O) groups excluding carboxylic acids is 1. The quantitative estimate of drug-likeness (QED) is 0.164. The Morgan fingerprint density at radius 3 is 2.31 bits per heavy atom. The van der Waals surface area contributed by atoms with Crippen molar-refractivity contribution >= 4 is 23.4 Å². The molecular weight excluding hydrogens is 466 g/mol. The highest BCUT2D eigenvalue weighted by Gasteiger charge is 2.25. The van der Waals surface area contributed by atoms with E-state index < -0.39 is 10.9 Å². The number of hydrogen-bond acceptors (Lipinski definition) is 7. The summed E-state index contributed by atoms with van der Waals surface area (Å²) < 4.78 is 13.0. The standard InChI is InChI=1S/C26H23N3O5S/c1-17(2)33-21-15-13-19(14-16-21)26(30)34-25-24(35-23-12-8-7-11-22(23)29(31)32)18(3)27-28(25)20-9-5-4-6-10-20/h4-17H,1-3H3. The smallest absolute Gasteiger partial charge is 0.344 e. The summed E-state index contributed by atoms with van der Waals surface area (Å²) in [6.07, 6.45) is 0.0117. The van der Waals surface area contributed by atoms with Gasteiger partial charge in [-0.05, 0) is 63.2 Å².